The highest BCUT2D eigenvalue weighted by Crippen LogP contribution is 2.33. The molecule has 0 bridgehead atoms. The molecule has 0 aliphatic carbocycles. The number of hydrogen-bond donors (Lipinski definition) is 1. The Balaban J connectivity index is 2.18. The Morgan fingerprint density at radius 3 is 2.88 bits per heavy atom. The molecule has 1 fully saturated rings. The van der Waals surface area contributed by atoms with Crippen LogP contribution in [0, 0.1) is 11.6 Å². The van der Waals surface area contributed by atoms with Gasteiger partial charge in [0.2, 0.25) is 0 Å². The second-order valence-electron chi connectivity index (χ2n) is 3.66. The summed E-state index contributed by atoms with van der Waals surface area (Å²) in [7, 11) is 0. The molecule has 1 aromatic rings. The van der Waals surface area contributed by atoms with Crippen LogP contribution in [0.2, 0.25) is 0 Å². The molecule has 1 aromatic heterocycles. The van der Waals surface area contributed by atoms with Crippen LogP contribution in [0.4, 0.5) is 14.6 Å². The molecule has 1 aliphatic heterocycles. The van der Waals surface area contributed by atoms with Crippen molar-refractivity contribution >= 4 is 17.6 Å². The number of aromatic nitrogens is 1. The summed E-state index contributed by atoms with van der Waals surface area (Å²) in [5.74, 6) is -1.76. The Kier molecular flexibility index (Phi) is 3.30. The number of anilines is 1. The van der Waals surface area contributed by atoms with E-state index in [0.717, 1.165) is 12.5 Å². The van der Waals surface area contributed by atoms with Crippen LogP contribution in [0.5, 0.6) is 0 Å². The lowest BCUT2D eigenvalue weighted by atomic mass is 10.3. The maximum Gasteiger partial charge on any atom is 0.168 e. The average molecular weight is 246 g/mol. The van der Waals surface area contributed by atoms with Crippen molar-refractivity contribution in [1.82, 2.24) is 4.98 Å². The average Bonchev–Trinajstić information content (AvgIpc) is 2.61. The van der Waals surface area contributed by atoms with E-state index in [1.165, 1.54) is 11.8 Å². The van der Waals surface area contributed by atoms with Crippen LogP contribution in [0.1, 0.15) is 13.3 Å². The van der Waals surface area contributed by atoms with Gasteiger partial charge < -0.3 is 10.5 Å². The maximum absolute atomic E-state index is 13.4. The minimum Gasteiger partial charge on any atom is -0.381 e. The van der Waals surface area contributed by atoms with Crippen molar-refractivity contribution in [1.29, 1.82) is 0 Å². The van der Waals surface area contributed by atoms with E-state index in [2.05, 4.69) is 4.98 Å². The summed E-state index contributed by atoms with van der Waals surface area (Å²) in [6, 6.07) is 0.769. The Morgan fingerprint density at radius 1 is 1.50 bits per heavy atom. The molecule has 3 nitrogen and oxygen atoms in total. The van der Waals surface area contributed by atoms with Crippen molar-refractivity contribution in [2.45, 2.75) is 29.7 Å². The van der Waals surface area contributed by atoms with E-state index in [4.69, 9.17) is 10.5 Å². The minimum absolute atomic E-state index is 0.0532. The van der Waals surface area contributed by atoms with Gasteiger partial charge in [0.25, 0.3) is 0 Å². The molecule has 0 aromatic carbocycles. The van der Waals surface area contributed by atoms with Gasteiger partial charge in [0.1, 0.15) is 5.03 Å². The van der Waals surface area contributed by atoms with Crippen LogP contribution in [0.15, 0.2) is 11.1 Å². The zero-order valence-corrected chi connectivity index (χ0v) is 9.56. The molecule has 6 heteroatoms. The molecule has 2 N–H and O–H groups in total. The van der Waals surface area contributed by atoms with Crippen LogP contribution in [-0.2, 0) is 4.74 Å². The molecular formula is C10H12F2N2OS. The Hall–Kier alpha value is -0.880. The van der Waals surface area contributed by atoms with E-state index in [-0.39, 0.29) is 22.2 Å². The number of pyridine rings is 1. The topological polar surface area (TPSA) is 48.1 Å². The standard InChI is InChI=1S/C10H12F2N2OS/c1-5-8(2-3-15-5)16-10-7(12)4-6(11)9(13)14-10/h4-5,8H,2-3H2,1H3,(H2,13,14). The number of nitrogens with zero attached hydrogens (tertiary/aromatic N) is 1. The van der Waals surface area contributed by atoms with Crippen LogP contribution < -0.4 is 5.73 Å². The normalized spacial score (nSPS) is 24.9. The van der Waals surface area contributed by atoms with Crippen molar-refractivity contribution in [3.8, 4) is 0 Å². The summed E-state index contributed by atoms with van der Waals surface area (Å²) >= 11 is 1.25. The Labute approximate surface area is 96.4 Å². The first-order chi connectivity index (χ1) is 7.58. The van der Waals surface area contributed by atoms with Gasteiger partial charge in [-0.3, -0.25) is 0 Å². The molecule has 0 radical (unpaired) electrons. The molecule has 2 rings (SSSR count). The van der Waals surface area contributed by atoms with Gasteiger partial charge in [-0.05, 0) is 13.3 Å². The van der Waals surface area contributed by atoms with Crippen molar-refractivity contribution in [3.05, 3.63) is 17.7 Å². The zero-order valence-electron chi connectivity index (χ0n) is 8.74. The van der Waals surface area contributed by atoms with Crippen LogP contribution >= 0.6 is 11.8 Å². The summed E-state index contributed by atoms with van der Waals surface area (Å²) in [4.78, 5) is 3.71. The second kappa shape index (κ2) is 4.55. The number of hydrogen-bond acceptors (Lipinski definition) is 4. The first-order valence-electron chi connectivity index (χ1n) is 4.97. The molecule has 1 aliphatic rings. The van der Waals surface area contributed by atoms with Gasteiger partial charge in [-0.15, -0.1) is 0 Å². The summed E-state index contributed by atoms with van der Waals surface area (Å²) in [6.07, 6.45) is 0.891. The number of nitrogen functional groups attached to an aromatic ring is 1. The number of ether oxygens (including phenoxy) is 1. The van der Waals surface area contributed by atoms with Crippen molar-refractivity contribution in [3.63, 3.8) is 0 Å². The van der Waals surface area contributed by atoms with Crippen molar-refractivity contribution in [2.24, 2.45) is 0 Å². The number of nitrogens with two attached hydrogens (primary N) is 1. The third-order valence-corrected chi connectivity index (χ3v) is 3.93. The fourth-order valence-electron chi connectivity index (χ4n) is 1.56. The molecule has 0 spiro atoms. The first-order valence-corrected chi connectivity index (χ1v) is 5.85. The quantitative estimate of drug-likeness (QED) is 0.869. The van der Waals surface area contributed by atoms with E-state index in [9.17, 15) is 8.78 Å². The Morgan fingerprint density at radius 2 is 2.25 bits per heavy atom. The lowest BCUT2D eigenvalue weighted by Gasteiger charge is -2.13. The second-order valence-corrected chi connectivity index (χ2v) is 4.89. The van der Waals surface area contributed by atoms with Crippen molar-refractivity contribution in [2.75, 3.05) is 12.3 Å². The highest BCUT2D eigenvalue weighted by atomic mass is 32.2. The summed E-state index contributed by atoms with van der Waals surface area (Å²) < 4.78 is 31.6. The smallest absolute Gasteiger partial charge is 0.168 e. The molecule has 1 saturated heterocycles. The fourth-order valence-corrected chi connectivity index (χ4v) is 2.65. The Bertz CT molecular complexity index is 403. The van der Waals surface area contributed by atoms with E-state index in [0.29, 0.717) is 6.61 Å². The predicted octanol–water partition coefficient (Wildman–Crippen LogP) is 2.21. The first kappa shape index (κ1) is 11.6. The highest BCUT2D eigenvalue weighted by Gasteiger charge is 2.27. The third-order valence-electron chi connectivity index (χ3n) is 2.49. The van der Waals surface area contributed by atoms with Crippen LogP contribution in [0.25, 0.3) is 0 Å². The molecule has 2 atom stereocenters. The van der Waals surface area contributed by atoms with Gasteiger partial charge in [-0.2, -0.15) is 0 Å². The molecule has 0 saturated carbocycles. The van der Waals surface area contributed by atoms with Crippen molar-refractivity contribution < 1.29 is 13.5 Å². The van der Waals surface area contributed by atoms with Gasteiger partial charge in [-0.1, -0.05) is 11.8 Å². The maximum atomic E-state index is 13.4. The lowest BCUT2D eigenvalue weighted by Crippen LogP contribution is -2.14. The van der Waals surface area contributed by atoms with E-state index >= 15 is 0 Å². The molecule has 88 valence electrons. The molecule has 2 unspecified atom stereocenters. The van der Waals surface area contributed by atoms with Gasteiger partial charge in [0, 0.05) is 17.9 Å². The molecular weight excluding hydrogens is 234 g/mol. The number of halogens is 2. The summed E-state index contributed by atoms with van der Waals surface area (Å²) in [6.45, 7) is 2.59. The molecule has 16 heavy (non-hydrogen) atoms. The monoisotopic (exact) mass is 246 g/mol. The SMILES string of the molecule is CC1OCCC1Sc1nc(N)c(F)cc1F. The van der Waals surface area contributed by atoms with E-state index in [1.807, 2.05) is 6.92 Å². The summed E-state index contributed by atoms with van der Waals surface area (Å²) in [5.41, 5.74) is 5.30. The van der Waals surface area contributed by atoms with Gasteiger partial charge in [0.15, 0.2) is 17.5 Å². The molecule has 0 amide bonds. The van der Waals surface area contributed by atoms with Gasteiger partial charge in [-0.25, -0.2) is 13.8 Å². The van der Waals surface area contributed by atoms with Crippen LogP contribution in [0.3, 0.4) is 0 Å². The highest BCUT2D eigenvalue weighted by molar-refractivity contribution is 7.99. The largest absolute Gasteiger partial charge is 0.381 e. The van der Waals surface area contributed by atoms with Crippen LogP contribution in [-0.4, -0.2) is 22.9 Å². The van der Waals surface area contributed by atoms with E-state index in [1.54, 1.807) is 0 Å². The zero-order chi connectivity index (χ0) is 11.7. The molecule has 2 heterocycles. The van der Waals surface area contributed by atoms with E-state index < -0.39 is 11.6 Å². The van der Waals surface area contributed by atoms with Gasteiger partial charge in [0.05, 0.1) is 6.10 Å². The third kappa shape index (κ3) is 2.27. The number of rotatable bonds is 2. The minimum atomic E-state index is -0.822. The van der Waals surface area contributed by atoms with Gasteiger partial charge >= 0.3 is 0 Å². The fraction of sp³-hybridized carbons (Fsp3) is 0.500. The number of thioether (sulfide) groups is 1. The predicted molar refractivity (Wildman–Crippen MR) is 58.2 cm³/mol. The lowest BCUT2D eigenvalue weighted by molar-refractivity contribution is 0.127. The summed E-state index contributed by atoms with van der Waals surface area (Å²) in [5, 5.41) is 0.285.